The van der Waals surface area contributed by atoms with Crippen LogP contribution in [0.4, 0.5) is 5.69 Å². The zero-order chi connectivity index (χ0) is 21.7. The largest absolute Gasteiger partial charge is 0.503 e. The Hall–Kier alpha value is -3.63. The van der Waals surface area contributed by atoms with Crippen molar-refractivity contribution in [2.24, 2.45) is 5.73 Å². The van der Waals surface area contributed by atoms with Crippen LogP contribution in [0, 0.1) is 0 Å². The van der Waals surface area contributed by atoms with Gasteiger partial charge in [0.1, 0.15) is 5.69 Å². The van der Waals surface area contributed by atoms with E-state index in [2.05, 4.69) is 22.2 Å². The van der Waals surface area contributed by atoms with Crippen molar-refractivity contribution in [3.63, 3.8) is 0 Å². The number of benzene rings is 1. The maximum absolute atomic E-state index is 12.1. The fourth-order valence-corrected chi connectivity index (χ4v) is 3.42. The standard InChI is InChI=1S/C19H17ClN6O3S/c1-12(27)19(29)25(9-8-21)14-2-4-15(5-3-14)26-11-13(23-24-26)10-22-18(28)16-6-7-17(20)30-16/h2-9,11,27H,1,10,21H2,(H,22,28)/b9-8-. The highest BCUT2D eigenvalue weighted by molar-refractivity contribution is 7.17. The molecule has 154 valence electrons. The number of halogens is 1. The Bertz CT molecular complexity index is 1110. The normalized spacial score (nSPS) is 10.8. The summed E-state index contributed by atoms with van der Waals surface area (Å²) in [4.78, 5) is 25.8. The molecule has 0 saturated heterocycles. The molecule has 4 N–H and O–H groups in total. The summed E-state index contributed by atoms with van der Waals surface area (Å²) in [5.74, 6) is -1.55. The number of aliphatic hydroxyl groups excluding tert-OH is 1. The minimum Gasteiger partial charge on any atom is -0.503 e. The molecule has 2 amide bonds. The molecule has 3 rings (SSSR count). The van der Waals surface area contributed by atoms with E-state index in [-0.39, 0.29) is 12.5 Å². The third-order valence-electron chi connectivity index (χ3n) is 3.86. The molecule has 0 fully saturated rings. The van der Waals surface area contributed by atoms with E-state index in [1.54, 1.807) is 42.6 Å². The quantitative estimate of drug-likeness (QED) is 0.380. The molecular weight excluding hydrogens is 428 g/mol. The van der Waals surface area contributed by atoms with E-state index >= 15 is 0 Å². The fourth-order valence-electron chi connectivity index (χ4n) is 2.46. The molecule has 9 nitrogen and oxygen atoms in total. The van der Waals surface area contributed by atoms with E-state index in [0.717, 1.165) is 4.90 Å². The highest BCUT2D eigenvalue weighted by Crippen LogP contribution is 2.21. The van der Waals surface area contributed by atoms with Crippen LogP contribution < -0.4 is 16.0 Å². The predicted molar refractivity (Wildman–Crippen MR) is 114 cm³/mol. The van der Waals surface area contributed by atoms with Crippen molar-refractivity contribution < 1.29 is 14.7 Å². The summed E-state index contributed by atoms with van der Waals surface area (Å²) in [5.41, 5.74) is 7.09. The van der Waals surface area contributed by atoms with Gasteiger partial charge in [0, 0.05) is 18.1 Å². The first-order valence-corrected chi connectivity index (χ1v) is 9.73. The van der Waals surface area contributed by atoms with Gasteiger partial charge >= 0.3 is 0 Å². The van der Waals surface area contributed by atoms with E-state index in [4.69, 9.17) is 17.3 Å². The summed E-state index contributed by atoms with van der Waals surface area (Å²) >= 11 is 7.03. The number of aliphatic hydroxyl groups is 1. The summed E-state index contributed by atoms with van der Waals surface area (Å²) in [7, 11) is 0. The second-order valence-corrected chi connectivity index (χ2v) is 7.64. The minimum absolute atomic E-state index is 0.203. The lowest BCUT2D eigenvalue weighted by Gasteiger charge is -2.17. The average molecular weight is 445 g/mol. The van der Waals surface area contributed by atoms with Gasteiger partial charge in [0.05, 0.1) is 27.6 Å². The van der Waals surface area contributed by atoms with Gasteiger partial charge in [-0.05, 0) is 36.4 Å². The monoisotopic (exact) mass is 444 g/mol. The van der Waals surface area contributed by atoms with Gasteiger partial charge in [0.25, 0.3) is 11.8 Å². The molecule has 30 heavy (non-hydrogen) atoms. The van der Waals surface area contributed by atoms with Gasteiger partial charge in [-0.15, -0.1) is 16.4 Å². The number of hydrogen-bond donors (Lipinski definition) is 3. The number of nitrogens with two attached hydrogens (primary N) is 1. The third kappa shape index (κ3) is 4.85. The SMILES string of the molecule is C=C(O)C(=O)N(/C=C\N)c1ccc(-n2cc(CNC(=O)c3ccc(Cl)s3)nn2)cc1. The Kier molecular flexibility index (Phi) is 6.50. The molecule has 11 heteroatoms. The number of carbonyl (C=O) groups is 2. The van der Waals surface area contributed by atoms with Crippen LogP contribution in [0.15, 0.2) is 67.3 Å². The number of amides is 2. The maximum Gasteiger partial charge on any atom is 0.296 e. The molecule has 0 unspecified atom stereocenters. The molecule has 0 bridgehead atoms. The van der Waals surface area contributed by atoms with Crippen molar-refractivity contribution in [2.45, 2.75) is 6.54 Å². The molecule has 1 aromatic carbocycles. The molecule has 2 heterocycles. The Balaban J connectivity index is 1.68. The van der Waals surface area contributed by atoms with Crippen molar-refractivity contribution >= 4 is 40.4 Å². The average Bonchev–Trinajstić information content (AvgIpc) is 3.39. The Morgan fingerprint density at radius 2 is 2.03 bits per heavy atom. The van der Waals surface area contributed by atoms with Crippen LogP contribution >= 0.6 is 22.9 Å². The molecule has 0 radical (unpaired) electrons. The van der Waals surface area contributed by atoms with E-state index in [1.807, 2.05) is 0 Å². The summed E-state index contributed by atoms with van der Waals surface area (Å²) in [6.45, 7) is 3.44. The topological polar surface area (TPSA) is 126 Å². The van der Waals surface area contributed by atoms with E-state index in [0.29, 0.717) is 26.3 Å². The fraction of sp³-hybridized carbons (Fsp3) is 0.0526. The lowest BCUT2D eigenvalue weighted by Crippen LogP contribution is -2.26. The number of nitrogens with one attached hydrogen (secondary N) is 1. The molecule has 3 aromatic rings. The molecule has 2 aromatic heterocycles. The van der Waals surface area contributed by atoms with E-state index in [1.165, 1.54) is 28.4 Å². The molecule has 0 aliphatic carbocycles. The zero-order valence-corrected chi connectivity index (χ0v) is 17.1. The summed E-state index contributed by atoms with van der Waals surface area (Å²) < 4.78 is 2.07. The van der Waals surface area contributed by atoms with E-state index in [9.17, 15) is 14.7 Å². The van der Waals surface area contributed by atoms with Crippen LogP contribution in [0.5, 0.6) is 0 Å². The first-order valence-electron chi connectivity index (χ1n) is 8.54. The highest BCUT2D eigenvalue weighted by atomic mass is 35.5. The first-order chi connectivity index (χ1) is 14.4. The highest BCUT2D eigenvalue weighted by Gasteiger charge is 2.16. The Morgan fingerprint density at radius 3 is 2.63 bits per heavy atom. The van der Waals surface area contributed by atoms with Crippen LogP contribution in [0.25, 0.3) is 5.69 Å². The van der Waals surface area contributed by atoms with Crippen LogP contribution in [0.2, 0.25) is 4.34 Å². The summed E-state index contributed by atoms with van der Waals surface area (Å²) in [5, 5.41) is 20.2. The smallest absolute Gasteiger partial charge is 0.296 e. The van der Waals surface area contributed by atoms with E-state index < -0.39 is 11.7 Å². The number of aromatic nitrogens is 3. The number of anilines is 1. The molecule has 0 saturated carbocycles. The lowest BCUT2D eigenvalue weighted by molar-refractivity contribution is -0.116. The number of carbonyl (C=O) groups excluding carboxylic acids is 2. The molecule has 0 atom stereocenters. The Labute approximate surface area is 180 Å². The van der Waals surface area contributed by atoms with Gasteiger partial charge in [0.15, 0.2) is 5.76 Å². The molecule has 0 aliphatic heterocycles. The molecular formula is C19H17ClN6O3S. The van der Waals surface area contributed by atoms with Gasteiger partial charge < -0.3 is 16.2 Å². The molecule has 0 aliphatic rings. The summed E-state index contributed by atoms with van der Waals surface area (Å²) in [6.07, 6.45) is 4.17. The number of hydrogen-bond acceptors (Lipinski definition) is 7. The van der Waals surface area contributed by atoms with Crippen molar-refractivity contribution in [2.75, 3.05) is 4.90 Å². The summed E-state index contributed by atoms with van der Waals surface area (Å²) in [6, 6.07) is 10.0. The minimum atomic E-state index is -0.699. The number of rotatable bonds is 7. The van der Waals surface area contributed by atoms with Gasteiger partial charge in [-0.3, -0.25) is 14.5 Å². The van der Waals surface area contributed by atoms with Crippen molar-refractivity contribution in [1.29, 1.82) is 0 Å². The van der Waals surface area contributed by atoms with Crippen molar-refractivity contribution in [3.05, 3.63) is 82.2 Å². The van der Waals surface area contributed by atoms with Gasteiger partial charge in [-0.2, -0.15) is 0 Å². The second kappa shape index (κ2) is 9.25. The lowest BCUT2D eigenvalue weighted by atomic mass is 10.2. The van der Waals surface area contributed by atoms with Crippen LogP contribution in [0.3, 0.4) is 0 Å². The first kappa shape index (κ1) is 21.1. The number of nitrogens with zero attached hydrogens (tertiary/aromatic N) is 4. The van der Waals surface area contributed by atoms with Crippen molar-refractivity contribution in [1.82, 2.24) is 20.3 Å². The van der Waals surface area contributed by atoms with Gasteiger partial charge in [-0.25, -0.2) is 4.68 Å². The van der Waals surface area contributed by atoms with Crippen molar-refractivity contribution in [3.8, 4) is 5.69 Å². The Morgan fingerprint density at radius 1 is 1.30 bits per heavy atom. The van der Waals surface area contributed by atoms with Crippen LogP contribution in [-0.2, 0) is 11.3 Å². The van der Waals surface area contributed by atoms with Crippen LogP contribution in [0.1, 0.15) is 15.4 Å². The van der Waals surface area contributed by atoms with Gasteiger partial charge in [-0.1, -0.05) is 23.4 Å². The molecule has 0 spiro atoms. The zero-order valence-electron chi connectivity index (χ0n) is 15.5. The number of thiophene rings is 1. The van der Waals surface area contributed by atoms with Crippen LogP contribution in [-0.4, -0.2) is 31.9 Å². The maximum atomic E-state index is 12.1. The third-order valence-corrected chi connectivity index (χ3v) is 5.09. The van der Waals surface area contributed by atoms with Gasteiger partial charge in [0.2, 0.25) is 0 Å². The second-order valence-electron chi connectivity index (χ2n) is 5.92. The predicted octanol–water partition coefficient (Wildman–Crippen LogP) is 2.75.